The van der Waals surface area contributed by atoms with Gasteiger partial charge >= 0.3 is 5.97 Å². The van der Waals surface area contributed by atoms with E-state index in [1.165, 1.54) is 7.11 Å². The van der Waals surface area contributed by atoms with Gasteiger partial charge in [-0.05, 0) is 39.4 Å². The maximum Gasteiger partial charge on any atom is 0.325 e. The Balaban J connectivity index is 2.35. The molecule has 21 heavy (non-hydrogen) atoms. The van der Waals surface area contributed by atoms with E-state index in [1.54, 1.807) is 30.4 Å². The van der Waals surface area contributed by atoms with Crippen molar-refractivity contribution in [3.63, 3.8) is 0 Å². The number of unbranched alkanes of at least 4 members (excludes halogenated alkanes) is 1. The molecule has 1 unspecified atom stereocenters. The average Bonchev–Trinajstić information content (AvgIpc) is 2.46. The van der Waals surface area contributed by atoms with Gasteiger partial charge in [-0.25, -0.2) is 4.98 Å². The third-order valence-corrected chi connectivity index (χ3v) is 4.10. The molecule has 0 aliphatic rings. The van der Waals surface area contributed by atoms with Crippen LogP contribution in [0.15, 0.2) is 23.6 Å². The summed E-state index contributed by atoms with van der Waals surface area (Å²) >= 11 is 1.69. The number of ether oxygens (including phenoxy) is 1. The standard InChI is InChI=1S/C15H25N3O2S/c1-12(2)18-15(3,14(19)20-4)7-5-6-10-21-13-11-16-8-9-17-13/h8-9,11-12,18H,5-7,10H2,1-4H3. The minimum absolute atomic E-state index is 0.197. The number of nitrogens with one attached hydrogen (secondary N) is 1. The van der Waals surface area contributed by atoms with Gasteiger partial charge in [-0.1, -0.05) is 6.42 Å². The normalized spacial score (nSPS) is 14.0. The highest BCUT2D eigenvalue weighted by Gasteiger charge is 2.33. The van der Waals surface area contributed by atoms with Crippen molar-refractivity contribution in [3.05, 3.63) is 18.6 Å². The highest BCUT2D eigenvalue weighted by molar-refractivity contribution is 7.99. The molecule has 0 fully saturated rings. The van der Waals surface area contributed by atoms with Crippen molar-refractivity contribution >= 4 is 17.7 Å². The topological polar surface area (TPSA) is 64.1 Å². The van der Waals surface area contributed by atoms with Gasteiger partial charge in [0.25, 0.3) is 0 Å². The molecule has 0 aromatic carbocycles. The molecule has 0 amide bonds. The number of esters is 1. The molecule has 0 saturated carbocycles. The molecular weight excluding hydrogens is 286 g/mol. The van der Waals surface area contributed by atoms with Gasteiger partial charge in [-0.15, -0.1) is 11.8 Å². The van der Waals surface area contributed by atoms with Crippen LogP contribution in [-0.2, 0) is 9.53 Å². The third-order valence-electron chi connectivity index (χ3n) is 3.10. The van der Waals surface area contributed by atoms with E-state index in [-0.39, 0.29) is 12.0 Å². The first kappa shape index (κ1) is 17.9. The Bertz CT molecular complexity index is 428. The van der Waals surface area contributed by atoms with Crippen molar-refractivity contribution in [3.8, 4) is 0 Å². The van der Waals surface area contributed by atoms with Crippen LogP contribution < -0.4 is 5.32 Å². The summed E-state index contributed by atoms with van der Waals surface area (Å²) < 4.78 is 4.92. The zero-order valence-electron chi connectivity index (χ0n) is 13.3. The molecule has 6 heteroatoms. The minimum Gasteiger partial charge on any atom is -0.468 e. The lowest BCUT2D eigenvalue weighted by atomic mass is 9.94. The first-order valence-electron chi connectivity index (χ1n) is 7.23. The van der Waals surface area contributed by atoms with E-state index in [1.807, 2.05) is 20.8 Å². The Morgan fingerprint density at radius 2 is 2.19 bits per heavy atom. The summed E-state index contributed by atoms with van der Waals surface area (Å²) in [5, 5.41) is 4.25. The molecule has 0 radical (unpaired) electrons. The number of carbonyl (C=O) groups excluding carboxylic acids is 1. The fraction of sp³-hybridized carbons (Fsp3) is 0.667. The molecule has 1 N–H and O–H groups in total. The molecular formula is C15H25N3O2S. The van der Waals surface area contributed by atoms with E-state index < -0.39 is 5.54 Å². The van der Waals surface area contributed by atoms with Crippen LogP contribution in [0.2, 0.25) is 0 Å². The lowest BCUT2D eigenvalue weighted by Crippen LogP contribution is -2.52. The second kappa shape index (κ2) is 9.00. The number of rotatable bonds is 9. The lowest BCUT2D eigenvalue weighted by Gasteiger charge is -2.30. The molecule has 0 spiro atoms. The Kier molecular flexibility index (Phi) is 7.67. The number of hydrogen-bond acceptors (Lipinski definition) is 6. The highest BCUT2D eigenvalue weighted by Crippen LogP contribution is 2.20. The van der Waals surface area contributed by atoms with Crippen molar-refractivity contribution in [1.29, 1.82) is 0 Å². The highest BCUT2D eigenvalue weighted by atomic mass is 32.2. The van der Waals surface area contributed by atoms with E-state index >= 15 is 0 Å². The predicted octanol–water partition coefficient (Wildman–Crippen LogP) is 2.67. The Labute approximate surface area is 131 Å². The Morgan fingerprint density at radius 3 is 2.76 bits per heavy atom. The van der Waals surface area contributed by atoms with Crippen LogP contribution in [-0.4, -0.2) is 40.4 Å². The summed E-state index contributed by atoms with van der Waals surface area (Å²) in [5.74, 6) is 0.773. The van der Waals surface area contributed by atoms with Gasteiger partial charge in [-0.3, -0.25) is 15.1 Å². The van der Waals surface area contributed by atoms with Crippen LogP contribution in [0, 0.1) is 0 Å². The van der Waals surface area contributed by atoms with E-state index in [0.717, 1.165) is 30.0 Å². The molecule has 1 aromatic heterocycles. The smallest absolute Gasteiger partial charge is 0.325 e. The second-order valence-corrected chi connectivity index (χ2v) is 6.59. The van der Waals surface area contributed by atoms with Crippen molar-refractivity contribution < 1.29 is 9.53 Å². The van der Waals surface area contributed by atoms with Crippen LogP contribution in [0.1, 0.15) is 40.0 Å². The fourth-order valence-corrected chi connectivity index (χ4v) is 3.04. The van der Waals surface area contributed by atoms with Crippen molar-refractivity contribution in [2.75, 3.05) is 12.9 Å². The number of thioether (sulfide) groups is 1. The van der Waals surface area contributed by atoms with Gasteiger partial charge in [0, 0.05) is 18.4 Å². The van der Waals surface area contributed by atoms with Crippen LogP contribution in [0.4, 0.5) is 0 Å². The van der Waals surface area contributed by atoms with Crippen LogP contribution in [0.25, 0.3) is 0 Å². The van der Waals surface area contributed by atoms with E-state index in [2.05, 4.69) is 15.3 Å². The third kappa shape index (κ3) is 6.44. The number of methoxy groups -OCH3 is 1. The summed E-state index contributed by atoms with van der Waals surface area (Å²) in [7, 11) is 1.44. The molecule has 1 heterocycles. The average molecular weight is 311 g/mol. The van der Waals surface area contributed by atoms with Crippen LogP contribution in [0.5, 0.6) is 0 Å². The largest absolute Gasteiger partial charge is 0.468 e. The van der Waals surface area contributed by atoms with Gasteiger partial charge < -0.3 is 4.74 Å². The van der Waals surface area contributed by atoms with E-state index in [4.69, 9.17) is 4.74 Å². The van der Waals surface area contributed by atoms with Gasteiger partial charge in [0.1, 0.15) is 10.6 Å². The maximum absolute atomic E-state index is 11.9. The van der Waals surface area contributed by atoms with Crippen LogP contribution >= 0.6 is 11.8 Å². The number of aromatic nitrogens is 2. The van der Waals surface area contributed by atoms with Gasteiger partial charge in [0.2, 0.25) is 0 Å². The molecule has 0 aliphatic heterocycles. The molecule has 1 aromatic rings. The molecule has 5 nitrogen and oxygen atoms in total. The van der Waals surface area contributed by atoms with Crippen molar-refractivity contribution in [2.45, 2.75) is 56.6 Å². The number of carbonyl (C=O) groups is 1. The first-order chi connectivity index (χ1) is 9.98. The summed E-state index contributed by atoms with van der Waals surface area (Å²) in [4.78, 5) is 20.2. The summed E-state index contributed by atoms with van der Waals surface area (Å²) in [6.07, 6.45) is 7.88. The van der Waals surface area contributed by atoms with Crippen molar-refractivity contribution in [1.82, 2.24) is 15.3 Å². The van der Waals surface area contributed by atoms with Gasteiger partial charge in [-0.2, -0.15) is 0 Å². The zero-order chi connectivity index (χ0) is 15.7. The lowest BCUT2D eigenvalue weighted by molar-refractivity contribution is -0.148. The summed E-state index contributed by atoms with van der Waals surface area (Å²) in [5.41, 5.74) is -0.611. The van der Waals surface area contributed by atoms with Crippen LogP contribution in [0.3, 0.4) is 0 Å². The van der Waals surface area contributed by atoms with Gasteiger partial charge in [0.05, 0.1) is 13.3 Å². The quantitative estimate of drug-likeness (QED) is 0.430. The summed E-state index contributed by atoms with van der Waals surface area (Å²) in [6, 6.07) is 0.239. The minimum atomic E-state index is -0.611. The monoisotopic (exact) mass is 311 g/mol. The maximum atomic E-state index is 11.9. The zero-order valence-corrected chi connectivity index (χ0v) is 14.1. The van der Waals surface area contributed by atoms with Gasteiger partial charge in [0.15, 0.2) is 0 Å². The molecule has 1 atom stereocenters. The fourth-order valence-electron chi connectivity index (χ4n) is 2.21. The molecule has 1 rings (SSSR count). The Hall–Kier alpha value is -1.14. The SMILES string of the molecule is COC(=O)C(C)(CCCCSc1cnccn1)NC(C)C. The predicted molar refractivity (Wildman–Crippen MR) is 85.3 cm³/mol. The first-order valence-corrected chi connectivity index (χ1v) is 8.21. The van der Waals surface area contributed by atoms with E-state index in [9.17, 15) is 4.79 Å². The summed E-state index contributed by atoms with van der Waals surface area (Å²) in [6.45, 7) is 5.98. The molecule has 0 saturated heterocycles. The second-order valence-electron chi connectivity index (χ2n) is 5.47. The molecule has 0 bridgehead atoms. The Morgan fingerprint density at radius 1 is 1.43 bits per heavy atom. The molecule has 118 valence electrons. The van der Waals surface area contributed by atoms with E-state index in [0.29, 0.717) is 0 Å². The number of nitrogens with zero attached hydrogens (tertiary/aromatic N) is 2. The number of hydrogen-bond donors (Lipinski definition) is 1. The van der Waals surface area contributed by atoms with Crippen molar-refractivity contribution in [2.24, 2.45) is 0 Å². The molecule has 0 aliphatic carbocycles.